The fraction of sp³-hybridized carbons (Fsp3) is 0.692. The first-order chi connectivity index (χ1) is 9.61. The van der Waals surface area contributed by atoms with E-state index < -0.39 is 6.55 Å². The zero-order chi connectivity index (χ0) is 14.5. The number of nitrogens with one attached hydrogen (secondary N) is 1. The molecule has 1 aromatic rings. The van der Waals surface area contributed by atoms with E-state index in [4.69, 9.17) is 0 Å². The average Bonchev–Trinajstić information content (AvgIpc) is 2.88. The Balaban J connectivity index is 1.95. The molecule has 1 aromatic heterocycles. The van der Waals surface area contributed by atoms with Gasteiger partial charge in [0.1, 0.15) is 5.82 Å². The highest BCUT2D eigenvalue weighted by atomic mass is 19.3. The van der Waals surface area contributed by atoms with Crippen molar-refractivity contribution in [3.8, 4) is 0 Å². The number of imidazole rings is 1. The minimum Gasteiger partial charge on any atom is -0.349 e. The van der Waals surface area contributed by atoms with E-state index >= 15 is 0 Å². The lowest BCUT2D eigenvalue weighted by molar-refractivity contribution is 0.0668. The summed E-state index contributed by atoms with van der Waals surface area (Å²) in [6.07, 6.45) is 5.03. The third-order valence-corrected chi connectivity index (χ3v) is 3.53. The smallest absolute Gasteiger partial charge is 0.319 e. The predicted molar refractivity (Wildman–Crippen MR) is 73.6 cm³/mol. The van der Waals surface area contributed by atoms with Crippen molar-refractivity contribution in [1.82, 2.24) is 19.8 Å². The van der Waals surface area contributed by atoms with E-state index in [2.05, 4.69) is 27.1 Å². The number of nitrogens with zero attached hydrogens (tertiary/aromatic N) is 4. The molecule has 1 saturated heterocycles. The van der Waals surface area contributed by atoms with Gasteiger partial charge < -0.3 is 10.2 Å². The summed E-state index contributed by atoms with van der Waals surface area (Å²) in [6, 6.07) is 0. The third kappa shape index (κ3) is 3.46. The van der Waals surface area contributed by atoms with Crippen LogP contribution in [0.1, 0.15) is 32.1 Å². The highest BCUT2D eigenvalue weighted by Crippen LogP contribution is 2.16. The highest BCUT2D eigenvalue weighted by molar-refractivity contribution is 5.79. The van der Waals surface area contributed by atoms with Gasteiger partial charge in [-0.15, -0.1) is 0 Å². The Labute approximate surface area is 117 Å². The van der Waals surface area contributed by atoms with Crippen molar-refractivity contribution in [3.05, 3.63) is 18.2 Å². The number of hydrogen-bond donors (Lipinski definition) is 1. The second-order valence-corrected chi connectivity index (χ2v) is 5.12. The molecule has 0 aromatic carbocycles. The Bertz CT molecular complexity index is 457. The lowest BCUT2D eigenvalue weighted by Crippen LogP contribution is -2.46. The van der Waals surface area contributed by atoms with Crippen molar-refractivity contribution in [2.24, 2.45) is 10.9 Å². The topological polar surface area (TPSA) is 45.5 Å². The van der Waals surface area contributed by atoms with Crippen LogP contribution in [0.5, 0.6) is 0 Å². The van der Waals surface area contributed by atoms with E-state index in [1.165, 1.54) is 18.8 Å². The lowest BCUT2D eigenvalue weighted by atomic mass is 10.0. The van der Waals surface area contributed by atoms with Crippen molar-refractivity contribution in [2.45, 2.75) is 32.9 Å². The van der Waals surface area contributed by atoms with Gasteiger partial charge in [-0.2, -0.15) is 8.78 Å². The number of aliphatic imine (C=N–C) groups is 1. The minimum atomic E-state index is -2.56. The first-order valence-electron chi connectivity index (χ1n) is 6.87. The molecule has 2 heterocycles. The van der Waals surface area contributed by atoms with Gasteiger partial charge in [0.2, 0.25) is 0 Å². The second kappa shape index (κ2) is 6.67. The summed E-state index contributed by atoms with van der Waals surface area (Å²) in [6.45, 7) is 1.79. The average molecular weight is 285 g/mol. The zero-order valence-corrected chi connectivity index (χ0v) is 11.9. The van der Waals surface area contributed by atoms with Crippen LogP contribution in [0.2, 0.25) is 0 Å². The fourth-order valence-electron chi connectivity index (χ4n) is 2.53. The number of alkyl halides is 2. The maximum atomic E-state index is 12.7. The van der Waals surface area contributed by atoms with Crippen molar-refractivity contribution in [2.75, 3.05) is 20.1 Å². The van der Waals surface area contributed by atoms with Gasteiger partial charge in [-0.3, -0.25) is 9.56 Å². The summed E-state index contributed by atoms with van der Waals surface area (Å²) in [4.78, 5) is 10.3. The van der Waals surface area contributed by atoms with Crippen LogP contribution >= 0.6 is 0 Å². The number of rotatable bonds is 3. The lowest BCUT2D eigenvalue weighted by Gasteiger charge is -2.33. The Morgan fingerprint density at radius 2 is 2.40 bits per heavy atom. The fourth-order valence-corrected chi connectivity index (χ4v) is 2.53. The van der Waals surface area contributed by atoms with Gasteiger partial charge in [-0.05, 0) is 18.8 Å². The zero-order valence-electron chi connectivity index (χ0n) is 11.9. The molecule has 20 heavy (non-hydrogen) atoms. The summed E-state index contributed by atoms with van der Waals surface area (Å²) in [5, 5.41) is 3.12. The molecule has 5 nitrogen and oxygen atoms in total. The number of hydrogen-bond acceptors (Lipinski definition) is 2. The summed E-state index contributed by atoms with van der Waals surface area (Å²) in [7, 11) is 1.71. The van der Waals surface area contributed by atoms with Crippen LogP contribution < -0.4 is 5.32 Å². The first-order valence-corrected chi connectivity index (χ1v) is 6.87. The summed E-state index contributed by atoms with van der Waals surface area (Å²) < 4.78 is 26.3. The van der Waals surface area contributed by atoms with Gasteiger partial charge in [-0.25, -0.2) is 4.98 Å². The van der Waals surface area contributed by atoms with Crippen molar-refractivity contribution < 1.29 is 8.78 Å². The molecule has 1 aliphatic heterocycles. The van der Waals surface area contributed by atoms with Gasteiger partial charge in [0.25, 0.3) is 0 Å². The molecule has 0 bridgehead atoms. The van der Waals surface area contributed by atoms with Crippen LogP contribution in [0.15, 0.2) is 17.4 Å². The number of piperidine rings is 1. The van der Waals surface area contributed by atoms with Gasteiger partial charge in [-0.1, -0.05) is 6.92 Å². The molecule has 1 unspecified atom stereocenters. The molecule has 0 aliphatic carbocycles. The third-order valence-electron chi connectivity index (χ3n) is 3.53. The monoisotopic (exact) mass is 285 g/mol. The van der Waals surface area contributed by atoms with E-state index in [1.54, 1.807) is 7.05 Å². The normalized spacial score (nSPS) is 20.6. The Kier molecular flexibility index (Phi) is 4.92. The van der Waals surface area contributed by atoms with Crippen molar-refractivity contribution in [1.29, 1.82) is 0 Å². The molecule has 112 valence electrons. The second-order valence-electron chi connectivity index (χ2n) is 5.12. The minimum absolute atomic E-state index is 0.245. The van der Waals surface area contributed by atoms with Crippen LogP contribution in [0.3, 0.4) is 0 Å². The molecular formula is C13H21F2N5. The molecule has 1 fully saturated rings. The van der Waals surface area contributed by atoms with E-state index in [0.29, 0.717) is 11.7 Å². The standard InChI is InChI=1S/C13H21F2N5/c1-10-4-3-6-19(9-10)13(16-2)18-8-11-17-5-7-20(11)12(14)15/h5,7,10,12H,3-4,6,8-9H2,1-2H3,(H,16,18). The Morgan fingerprint density at radius 3 is 3.05 bits per heavy atom. The number of aromatic nitrogens is 2. The predicted octanol–water partition coefficient (Wildman–Crippen LogP) is 2.09. The van der Waals surface area contributed by atoms with E-state index in [-0.39, 0.29) is 6.54 Å². The summed E-state index contributed by atoms with van der Waals surface area (Å²) in [5.41, 5.74) is 0. The molecule has 0 saturated carbocycles. The van der Waals surface area contributed by atoms with Gasteiger partial charge in [0.15, 0.2) is 5.96 Å². The van der Waals surface area contributed by atoms with Crippen molar-refractivity contribution >= 4 is 5.96 Å². The van der Waals surface area contributed by atoms with Crippen molar-refractivity contribution in [3.63, 3.8) is 0 Å². The molecule has 1 aliphatic rings. The van der Waals surface area contributed by atoms with Crippen LogP contribution in [0.4, 0.5) is 8.78 Å². The van der Waals surface area contributed by atoms with E-state index in [9.17, 15) is 8.78 Å². The maximum absolute atomic E-state index is 12.7. The molecule has 0 spiro atoms. The Morgan fingerprint density at radius 1 is 1.60 bits per heavy atom. The SMILES string of the molecule is CN=C(NCc1nccn1C(F)F)N1CCCC(C)C1. The summed E-state index contributed by atoms with van der Waals surface area (Å²) in [5.74, 6) is 1.69. The molecule has 0 amide bonds. The molecule has 1 atom stereocenters. The number of halogens is 2. The largest absolute Gasteiger partial charge is 0.349 e. The molecule has 0 radical (unpaired) electrons. The molecular weight excluding hydrogens is 264 g/mol. The Hall–Kier alpha value is -1.66. The number of guanidine groups is 1. The quantitative estimate of drug-likeness (QED) is 0.683. The maximum Gasteiger partial charge on any atom is 0.319 e. The van der Waals surface area contributed by atoms with E-state index in [1.807, 2.05) is 0 Å². The van der Waals surface area contributed by atoms with Crippen LogP contribution in [0.25, 0.3) is 0 Å². The number of likely N-dealkylation sites (tertiary alicyclic amines) is 1. The molecule has 2 rings (SSSR count). The van der Waals surface area contributed by atoms with Crippen LogP contribution in [0, 0.1) is 5.92 Å². The van der Waals surface area contributed by atoms with Gasteiger partial charge in [0, 0.05) is 32.5 Å². The van der Waals surface area contributed by atoms with Crippen LogP contribution in [-0.2, 0) is 6.54 Å². The first kappa shape index (κ1) is 14.7. The van der Waals surface area contributed by atoms with Gasteiger partial charge >= 0.3 is 6.55 Å². The summed E-state index contributed by atoms with van der Waals surface area (Å²) >= 11 is 0. The van der Waals surface area contributed by atoms with Gasteiger partial charge in [0.05, 0.1) is 6.54 Å². The highest BCUT2D eigenvalue weighted by Gasteiger charge is 2.19. The molecule has 1 N–H and O–H groups in total. The molecule has 7 heteroatoms. The van der Waals surface area contributed by atoms with E-state index in [0.717, 1.165) is 30.0 Å². The van der Waals surface area contributed by atoms with Crippen LogP contribution in [-0.4, -0.2) is 40.5 Å².